The summed E-state index contributed by atoms with van der Waals surface area (Å²) >= 11 is 7.52. The SMILES string of the molecule is Cc1cc(C)c(C#N)c(Sc2ccc(N)cc2Cl)n1. The van der Waals surface area contributed by atoms with Crippen LogP contribution in [-0.4, -0.2) is 4.98 Å². The highest BCUT2D eigenvalue weighted by atomic mass is 35.5. The average molecular weight is 290 g/mol. The van der Waals surface area contributed by atoms with Gasteiger partial charge in [-0.1, -0.05) is 23.4 Å². The van der Waals surface area contributed by atoms with Crippen LogP contribution in [0.2, 0.25) is 5.02 Å². The number of benzene rings is 1. The van der Waals surface area contributed by atoms with Gasteiger partial charge in [0.1, 0.15) is 11.1 Å². The molecule has 0 radical (unpaired) electrons. The van der Waals surface area contributed by atoms with Crippen molar-refractivity contribution in [3.05, 3.63) is 46.1 Å². The highest BCUT2D eigenvalue weighted by Gasteiger charge is 2.12. The molecule has 96 valence electrons. The number of nitrogens with zero attached hydrogens (tertiary/aromatic N) is 2. The number of hydrogen-bond acceptors (Lipinski definition) is 4. The summed E-state index contributed by atoms with van der Waals surface area (Å²) in [5, 5.41) is 10.5. The van der Waals surface area contributed by atoms with Crippen molar-refractivity contribution in [2.45, 2.75) is 23.8 Å². The summed E-state index contributed by atoms with van der Waals surface area (Å²) in [5.74, 6) is 0. The summed E-state index contributed by atoms with van der Waals surface area (Å²) in [5.41, 5.74) is 8.66. The molecule has 1 heterocycles. The maximum Gasteiger partial charge on any atom is 0.119 e. The number of pyridine rings is 1. The predicted molar refractivity (Wildman–Crippen MR) is 78.4 cm³/mol. The Morgan fingerprint density at radius 2 is 2.05 bits per heavy atom. The van der Waals surface area contributed by atoms with Gasteiger partial charge in [0.25, 0.3) is 0 Å². The monoisotopic (exact) mass is 289 g/mol. The average Bonchev–Trinajstić information content (AvgIpc) is 2.32. The van der Waals surface area contributed by atoms with E-state index in [1.54, 1.807) is 12.1 Å². The summed E-state index contributed by atoms with van der Waals surface area (Å²) in [6.07, 6.45) is 0. The molecule has 0 spiro atoms. The summed E-state index contributed by atoms with van der Waals surface area (Å²) in [4.78, 5) is 5.25. The Labute approximate surface area is 121 Å². The molecular formula is C14H12ClN3S. The molecule has 0 saturated carbocycles. The van der Waals surface area contributed by atoms with Crippen molar-refractivity contribution in [3.63, 3.8) is 0 Å². The molecule has 1 aromatic carbocycles. The largest absolute Gasteiger partial charge is 0.399 e. The van der Waals surface area contributed by atoms with E-state index in [0.717, 1.165) is 16.2 Å². The van der Waals surface area contributed by atoms with Crippen LogP contribution in [0.25, 0.3) is 0 Å². The second-order valence-corrected chi connectivity index (χ2v) is 5.60. The van der Waals surface area contributed by atoms with E-state index >= 15 is 0 Å². The van der Waals surface area contributed by atoms with E-state index in [1.165, 1.54) is 11.8 Å². The molecule has 0 saturated heterocycles. The van der Waals surface area contributed by atoms with E-state index in [4.69, 9.17) is 17.3 Å². The van der Waals surface area contributed by atoms with E-state index in [0.29, 0.717) is 21.3 Å². The van der Waals surface area contributed by atoms with Crippen molar-refractivity contribution >= 4 is 29.1 Å². The van der Waals surface area contributed by atoms with Gasteiger partial charge in [0.2, 0.25) is 0 Å². The van der Waals surface area contributed by atoms with Crippen LogP contribution >= 0.6 is 23.4 Å². The normalized spacial score (nSPS) is 10.2. The highest BCUT2D eigenvalue weighted by Crippen LogP contribution is 2.35. The fourth-order valence-corrected chi connectivity index (χ4v) is 3.02. The topological polar surface area (TPSA) is 62.7 Å². The standard InChI is InChI=1S/C14H12ClN3S/c1-8-5-9(2)18-14(11(8)7-16)19-13-4-3-10(17)6-12(13)15/h3-6H,17H2,1-2H3. The molecule has 19 heavy (non-hydrogen) atoms. The van der Waals surface area contributed by atoms with E-state index in [-0.39, 0.29) is 0 Å². The Morgan fingerprint density at radius 1 is 1.32 bits per heavy atom. The van der Waals surface area contributed by atoms with Gasteiger partial charge in [0.15, 0.2) is 0 Å². The van der Waals surface area contributed by atoms with Crippen molar-refractivity contribution in [2.24, 2.45) is 0 Å². The second kappa shape index (κ2) is 5.52. The minimum Gasteiger partial charge on any atom is -0.399 e. The van der Waals surface area contributed by atoms with Crippen LogP contribution in [-0.2, 0) is 0 Å². The molecule has 0 bridgehead atoms. The Bertz CT molecular complexity index is 677. The molecular weight excluding hydrogens is 278 g/mol. The lowest BCUT2D eigenvalue weighted by atomic mass is 10.1. The lowest BCUT2D eigenvalue weighted by molar-refractivity contribution is 1.03. The predicted octanol–water partition coefficient (Wildman–Crippen LogP) is 3.96. The Kier molecular flexibility index (Phi) is 3.98. The number of nitrogen functional groups attached to an aromatic ring is 1. The Hall–Kier alpha value is -1.70. The molecule has 0 fully saturated rings. The summed E-state index contributed by atoms with van der Waals surface area (Å²) in [6.45, 7) is 3.81. The Balaban J connectivity index is 2.46. The molecule has 2 aromatic rings. The van der Waals surface area contributed by atoms with Crippen LogP contribution in [0.4, 0.5) is 5.69 Å². The first kappa shape index (κ1) is 13.7. The van der Waals surface area contributed by atoms with E-state index in [2.05, 4.69) is 11.1 Å². The maximum absolute atomic E-state index is 9.23. The van der Waals surface area contributed by atoms with Crippen molar-refractivity contribution in [2.75, 3.05) is 5.73 Å². The smallest absolute Gasteiger partial charge is 0.119 e. The van der Waals surface area contributed by atoms with Crippen LogP contribution in [0.3, 0.4) is 0 Å². The van der Waals surface area contributed by atoms with Crippen molar-refractivity contribution in [1.82, 2.24) is 4.98 Å². The van der Waals surface area contributed by atoms with Gasteiger partial charge >= 0.3 is 0 Å². The molecule has 0 atom stereocenters. The van der Waals surface area contributed by atoms with Crippen molar-refractivity contribution in [1.29, 1.82) is 5.26 Å². The molecule has 0 unspecified atom stereocenters. The van der Waals surface area contributed by atoms with Gasteiger partial charge in [-0.3, -0.25) is 0 Å². The summed E-state index contributed by atoms with van der Waals surface area (Å²) < 4.78 is 0. The van der Waals surface area contributed by atoms with Gasteiger partial charge in [0.05, 0.1) is 10.6 Å². The molecule has 1 aromatic heterocycles. The van der Waals surface area contributed by atoms with Crippen molar-refractivity contribution in [3.8, 4) is 6.07 Å². The first-order valence-corrected chi connectivity index (χ1v) is 6.82. The minimum absolute atomic E-state index is 0.565. The van der Waals surface area contributed by atoms with E-state index in [9.17, 15) is 5.26 Å². The van der Waals surface area contributed by atoms with Gasteiger partial charge in [-0.15, -0.1) is 0 Å². The highest BCUT2D eigenvalue weighted by molar-refractivity contribution is 7.99. The van der Waals surface area contributed by atoms with Crippen LogP contribution < -0.4 is 5.73 Å². The fraction of sp³-hybridized carbons (Fsp3) is 0.143. The van der Waals surface area contributed by atoms with Crippen LogP contribution in [0, 0.1) is 25.2 Å². The van der Waals surface area contributed by atoms with Gasteiger partial charge < -0.3 is 5.73 Å². The number of rotatable bonds is 2. The quantitative estimate of drug-likeness (QED) is 0.850. The van der Waals surface area contributed by atoms with Crippen LogP contribution in [0.15, 0.2) is 34.2 Å². The number of hydrogen-bond donors (Lipinski definition) is 1. The van der Waals surface area contributed by atoms with Gasteiger partial charge in [-0.2, -0.15) is 5.26 Å². The lowest BCUT2D eigenvalue weighted by Gasteiger charge is -2.08. The molecule has 0 amide bonds. The maximum atomic E-state index is 9.23. The van der Waals surface area contributed by atoms with Gasteiger partial charge in [0, 0.05) is 16.3 Å². The third-order valence-corrected chi connectivity index (χ3v) is 4.08. The van der Waals surface area contributed by atoms with Gasteiger partial charge in [-0.05, 0) is 43.7 Å². The Morgan fingerprint density at radius 3 is 2.68 bits per heavy atom. The molecule has 2 rings (SSSR count). The van der Waals surface area contributed by atoms with E-state index < -0.39 is 0 Å². The number of aryl methyl sites for hydroxylation is 2. The van der Waals surface area contributed by atoms with E-state index in [1.807, 2.05) is 26.0 Å². The molecule has 5 heteroatoms. The molecule has 2 N–H and O–H groups in total. The third-order valence-electron chi connectivity index (χ3n) is 2.59. The first-order chi connectivity index (χ1) is 9.01. The van der Waals surface area contributed by atoms with Crippen LogP contribution in [0.5, 0.6) is 0 Å². The zero-order chi connectivity index (χ0) is 14.0. The first-order valence-electron chi connectivity index (χ1n) is 5.62. The molecule has 0 aliphatic carbocycles. The molecule has 3 nitrogen and oxygen atoms in total. The second-order valence-electron chi connectivity index (χ2n) is 4.16. The lowest BCUT2D eigenvalue weighted by Crippen LogP contribution is -1.94. The number of halogens is 1. The fourth-order valence-electron chi connectivity index (χ4n) is 1.72. The minimum atomic E-state index is 0.565. The van der Waals surface area contributed by atoms with Crippen molar-refractivity contribution < 1.29 is 0 Å². The zero-order valence-corrected chi connectivity index (χ0v) is 12.1. The number of nitrogens with two attached hydrogens (primary N) is 1. The summed E-state index contributed by atoms with van der Waals surface area (Å²) in [6, 6.07) is 9.40. The number of aromatic nitrogens is 1. The number of nitriles is 1. The van der Waals surface area contributed by atoms with Gasteiger partial charge in [-0.25, -0.2) is 4.98 Å². The van der Waals surface area contributed by atoms with Crippen LogP contribution in [0.1, 0.15) is 16.8 Å². The molecule has 0 aliphatic rings. The summed E-state index contributed by atoms with van der Waals surface area (Å²) in [7, 11) is 0. The zero-order valence-electron chi connectivity index (χ0n) is 10.6. The number of anilines is 1. The third kappa shape index (κ3) is 3.01. The molecule has 0 aliphatic heterocycles.